The van der Waals surface area contributed by atoms with Gasteiger partial charge in [-0.25, -0.2) is 19.9 Å². The number of hydrogen-bond acceptors (Lipinski definition) is 6. The third-order valence-electron chi connectivity index (χ3n) is 4.39. The summed E-state index contributed by atoms with van der Waals surface area (Å²) in [6.07, 6.45) is 9.24. The summed E-state index contributed by atoms with van der Waals surface area (Å²) in [6.45, 7) is 0.492. The average Bonchev–Trinajstić information content (AvgIpc) is 3.30. The molecule has 1 aliphatic carbocycles. The van der Waals surface area contributed by atoms with Crippen LogP contribution < -0.4 is 21.1 Å². The van der Waals surface area contributed by atoms with Gasteiger partial charge >= 0.3 is 0 Å². The van der Waals surface area contributed by atoms with Crippen LogP contribution in [0.4, 0.5) is 4.39 Å². The van der Waals surface area contributed by atoms with Gasteiger partial charge in [-0.2, -0.15) is 10.7 Å². The first kappa shape index (κ1) is 16.9. The molecule has 3 N–H and O–H groups in total. The summed E-state index contributed by atoms with van der Waals surface area (Å²) in [7, 11) is 1.90. The van der Waals surface area contributed by atoms with Crippen LogP contribution in [0.25, 0.3) is 5.69 Å². The highest BCUT2D eigenvalue weighted by Gasteiger charge is 2.27. The van der Waals surface area contributed by atoms with Crippen molar-refractivity contribution in [2.75, 3.05) is 13.7 Å². The van der Waals surface area contributed by atoms with E-state index in [1.165, 1.54) is 17.7 Å². The van der Waals surface area contributed by atoms with E-state index in [0.717, 1.165) is 12.1 Å². The van der Waals surface area contributed by atoms with Crippen molar-refractivity contribution in [3.8, 4) is 11.6 Å². The molecule has 0 radical (unpaired) electrons. The zero-order valence-electron chi connectivity index (χ0n) is 14.4. The van der Waals surface area contributed by atoms with Crippen LogP contribution in [0.1, 0.15) is 6.42 Å². The highest BCUT2D eigenvalue weighted by atomic mass is 19.1. The van der Waals surface area contributed by atoms with Crippen molar-refractivity contribution < 1.29 is 9.13 Å². The first-order valence-electron chi connectivity index (χ1n) is 8.51. The van der Waals surface area contributed by atoms with Crippen molar-refractivity contribution in [3.63, 3.8) is 0 Å². The Labute approximate surface area is 151 Å². The maximum Gasteiger partial charge on any atom is 0.233 e. The molecule has 1 aromatic carbocycles. The van der Waals surface area contributed by atoms with E-state index in [9.17, 15) is 4.39 Å². The van der Waals surface area contributed by atoms with Gasteiger partial charge in [-0.05, 0) is 36.3 Å². The Morgan fingerprint density at radius 2 is 2.12 bits per heavy atom. The lowest BCUT2D eigenvalue weighted by atomic mass is 9.92. The van der Waals surface area contributed by atoms with Crippen LogP contribution in [0.3, 0.4) is 0 Å². The number of hydrazine groups is 3. The Bertz CT molecular complexity index is 815. The molecule has 7 nitrogen and oxygen atoms in total. The van der Waals surface area contributed by atoms with Gasteiger partial charge < -0.3 is 4.74 Å². The molecule has 8 heteroatoms. The Hall–Kier alpha value is -2.52. The Morgan fingerprint density at radius 1 is 1.27 bits per heavy atom. The van der Waals surface area contributed by atoms with Crippen LogP contribution in [0.15, 0.2) is 60.3 Å². The average molecular weight is 356 g/mol. The van der Waals surface area contributed by atoms with Gasteiger partial charge in [-0.3, -0.25) is 0 Å². The standard InChI is InChI=1S/C18H21FN6O/c1-24-22-18(20-23-24)16-5-3-2-4-13(16)12-26-17-10-11-25(21-17)15-8-6-14(19)7-9-15/h2,4-11,13,18,20,22-23H,3,12H2,1H3. The number of rotatable bonds is 5. The van der Waals surface area contributed by atoms with Gasteiger partial charge in [0.1, 0.15) is 18.6 Å². The van der Waals surface area contributed by atoms with Crippen molar-refractivity contribution in [1.29, 1.82) is 0 Å². The lowest BCUT2D eigenvalue weighted by Gasteiger charge is -2.24. The molecular weight excluding hydrogens is 335 g/mol. The van der Waals surface area contributed by atoms with Crippen molar-refractivity contribution >= 4 is 0 Å². The van der Waals surface area contributed by atoms with E-state index in [0.29, 0.717) is 12.5 Å². The number of nitrogens with zero attached hydrogens (tertiary/aromatic N) is 3. The molecular formula is C18H21FN6O. The van der Waals surface area contributed by atoms with Crippen molar-refractivity contribution in [1.82, 2.24) is 31.3 Å². The number of aromatic nitrogens is 2. The minimum atomic E-state index is -0.268. The van der Waals surface area contributed by atoms with Gasteiger partial charge in [0.15, 0.2) is 0 Å². The third-order valence-corrected chi connectivity index (χ3v) is 4.39. The van der Waals surface area contributed by atoms with Crippen molar-refractivity contribution in [3.05, 3.63) is 66.1 Å². The van der Waals surface area contributed by atoms with Gasteiger partial charge in [0.25, 0.3) is 0 Å². The largest absolute Gasteiger partial charge is 0.476 e. The van der Waals surface area contributed by atoms with Gasteiger partial charge in [-0.15, -0.1) is 5.10 Å². The molecule has 0 bridgehead atoms. The second kappa shape index (κ2) is 7.38. The molecule has 2 aliphatic rings. The molecule has 2 unspecified atom stereocenters. The van der Waals surface area contributed by atoms with E-state index in [1.807, 2.05) is 7.05 Å². The molecule has 2 atom stereocenters. The second-order valence-electron chi connectivity index (χ2n) is 6.24. The molecule has 1 saturated heterocycles. The SMILES string of the molecule is CN1NNC(C2=CCC=CC2COc2ccn(-c3ccc(F)cc3)n2)N1. The smallest absolute Gasteiger partial charge is 0.233 e. The van der Waals surface area contributed by atoms with E-state index < -0.39 is 0 Å². The quantitative estimate of drug-likeness (QED) is 0.709. The molecule has 1 aliphatic heterocycles. The summed E-state index contributed by atoms with van der Waals surface area (Å²) in [5.74, 6) is 0.420. The maximum atomic E-state index is 13.0. The molecule has 0 saturated carbocycles. The summed E-state index contributed by atoms with van der Waals surface area (Å²) in [4.78, 5) is 0. The first-order chi connectivity index (χ1) is 12.7. The fourth-order valence-electron chi connectivity index (χ4n) is 3.07. The van der Waals surface area contributed by atoms with E-state index in [4.69, 9.17) is 4.74 Å². The summed E-state index contributed by atoms with van der Waals surface area (Å²) in [6, 6.07) is 7.98. The maximum absolute atomic E-state index is 13.0. The van der Waals surface area contributed by atoms with Crippen molar-refractivity contribution in [2.24, 2.45) is 5.92 Å². The van der Waals surface area contributed by atoms with Crippen LogP contribution >= 0.6 is 0 Å². The number of hydrogen-bond donors (Lipinski definition) is 3. The summed E-state index contributed by atoms with van der Waals surface area (Å²) < 4.78 is 20.6. The highest BCUT2D eigenvalue weighted by molar-refractivity contribution is 5.32. The summed E-state index contributed by atoms with van der Waals surface area (Å²) in [5.41, 5.74) is 11.5. The Kier molecular flexibility index (Phi) is 4.81. The second-order valence-corrected chi connectivity index (χ2v) is 6.24. The number of allylic oxidation sites excluding steroid dienone is 2. The minimum Gasteiger partial charge on any atom is -0.476 e. The van der Waals surface area contributed by atoms with E-state index in [-0.39, 0.29) is 17.9 Å². The van der Waals surface area contributed by atoms with Crippen molar-refractivity contribution in [2.45, 2.75) is 12.6 Å². The number of nitrogens with one attached hydrogen (secondary N) is 3. The van der Waals surface area contributed by atoms with Gasteiger partial charge in [0.05, 0.1) is 5.69 Å². The topological polar surface area (TPSA) is 66.4 Å². The Morgan fingerprint density at radius 3 is 2.88 bits per heavy atom. The van der Waals surface area contributed by atoms with Gasteiger partial charge in [0, 0.05) is 25.2 Å². The van der Waals surface area contributed by atoms with Crippen LogP contribution in [0.5, 0.6) is 5.88 Å². The normalized spacial score (nSPS) is 23.2. The molecule has 0 amide bonds. The Balaban J connectivity index is 1.40. The third kappa shape index (κ3) is 3.68. The van der Waals surface area contributed by atoms with Crippen LogP contribution in [-0.2, 0) is 0 Å². The zero-order chi connectivity index (χ0) is 17.9. The van der Waals surface area contributed by atoms with Gasteiger partial charge in [-0.1, -0.05) is 18.2 Å². The molecule has 1 aromatic heterocycles. The number of halogens is 1. The molecule has 136 valence electrons. The zero-order valence-corrected chi connectivity index (χ0v) is 14.4. The lowest BCUT2D eigenvalue weighted by Crippen LogP contribution is -2.39. The fourth-order valence-corrected chi connectivity index (χ4v) is 3.07. The molecule has 26 heavy (non-hydrogen) atoms. The summed E-state index contributed by atoms with van der Waals surface area (Å²) >= 11 is 0. The summed E-state index contributed by atoms with van der Waals surface area (Å²) in [5, 5.41) is 6.19. The van der Waals surface area contributed by atoms with Crippen LogP contribution in [0.2, 0.25) is 0 Å². The predicted molar refractivity (Wildman–Crippen MR) is 95.3 cm³/mol. The van der Waals surface area contributed by atoms with E-state index in [1.54, 1.807) is 34.2 Å². The monoisotopic (exact) mass is 356 g/mol. The molecule has 2 aromatic rings. The van der Waals surface area contributed by atoms with Gasteiger partial charge in [0.2, 0.25) is 5.88 Å². The minimum absolute atomic E-state index is 0.0234. The molecule has 0 spiro atoms. The molecule has 2 heterocycles. The number of benzene rings is 1. The van der Waals surface area contributed by atoms with Crippen LogP contribution in [0, 0.1) is 11.7 Å². The fraction of sp³-hybridized carbons (Fsp3) is 0.278. The van der Waals surface area contributed by atoms with E-state index >= 15 is 0 Å². The number of ether oxygens (including phenoxy) is 1. The predicted octanol–water partition coefficient (Wildman–Crippen LogP) is 1.68. The molecule has 4 rings (SSSR count). The lowest BCUT2D eigenvalue weighted by molar-refractivity contribution is 0.214. The molecule has 1 fully saturated rings. The highest BCUT2D eigenvalue weighted by Crippen LogP contribution is 2.23. The first-order valence-corrected chi connectivity index (χ1v) is 8.51. The van der Waals surface area contributed by atoms with E-state index in [2.05, 4.69) is 39.7 Å². The van der Waals surface area contributed by atoms with Crippen LogP contribution in [-0.4, -0.2) is 34.7 Å².